The minimum atomic E-state index is -0.0312. The summed E-state index contributed by atoms with van der Waals surface area (Å²) >= 11 is 6.09. The summed E-state index contributed by atoms with van der Waals surface area (Å²) in [5.41, 5.74) is 1.68. The quantitative estimate of drug-likeness (QED) is 0.863. The lowest BCUT2D eigenvalue weighted by molar-refractivity contribution is 0.0943. The van der Waals surface area contributed by atoms with Crippen LogP contribution in [0.25, 0.3) is 0 Å². The SMILES string of the molecule is COc1cc(C(=O)NCC2CCC(Cl)CC2)ccc1C. The molecule has 0 atom stereocenters. The minimum Gasteiger partial charge on any atom is -0.496 e. The van der Waals surface area contributed by atoms with Gasteiger partial charge in [-0.1, -0.05) is 6.07 Å². The van der Waals surface area contributed by atoms with E-state index in [4.69, 9.17) is 16.3 Å². The Morgan fingerprint density at radius 1 is 1.35 bits per heavy atom. The van der Waals surface area contributed by atoms with Crippen LogP contribution in [0.5, 0.6) is 5.75 Å². The van der Waals surface area contributed by atoms with Crippen LogP contribution in [-0.2, 0) is 0 Å². The zero-order chi connectivity index (χ0) is 14.5. The predicted molar refractivity (Wildman–Crippen MR) is 81.7 cm³/mol. The Morgan fingerprint density at radius 3 is 2.70 bits per heavy atom. The molecule has 1 aromatic carbocycles. The molecule has 0 saturated heterocycles. The van der Waals surface area contributed by atoms with Crippen LogP contribution < -0.4 is 10.1 Å². The summed E-state index contributed by atoms with van der Waals surface area (Å²) in [6.07, 6.45) is 4.32. The maximum atomic E-state index is 12.1. The normalized spacial score (nSPS) is 22.4. The van der Waals surface area contributed by atoms with Gasteiger partial charge in [-0.05, 0) is 56.2 Å². The Kier molecular flexibility index (Phi) is 5.30. The van der Waals surface area contributed by atoms with Crippen LogP contribution in [0, 0.1) is 12.8 Å². The first kappa shape index (κ1) is 15.2. The number of hydrogen-bond acceptors (Lipinski definition) is 2. The molecule has 0 radical (unpaired) electrons. The van der Waals surface area contributed by atoms with Gasteiger partial charge >= 0.3 is 0 Å². The number of halogens is 1. The maximum Gasteiger partial charge on any atom is 0.251 e. The second-order valence-corrected chi connectivity index (χ2v) is 6.13. The van der Waals surface area contributed by atoms with E-state index in [1.165, 1.54) is 0 Å². The highest BCUT2D eigenvalue weighted by Gasteiger charge is 2.20. The van der Waals surface area contributed by atoms with Crippen LogP contribution in [0.4, 0.5) is 0 Å². The van der Waals surface area contributed by atoms with Gasteiger partial charge in [-0.3, -0.25) is 4.79 Å². The van der Waals surface area contributed by atoms with Gasteiger partial charge in [0.25, 0.3) is 5.91 Å². The summed E-state index contributed by atoms with van der Waals surface area (Å²) in [7, 11) is 1.62. The molecule has 1 fully saturated rings. The fourth-order valence-electron chi connectivity index (χ4n) is 2.63. The van der Waals surface area contributed by atoms with Crippen LogP contribution in [0.15, 0.2) is 18.2 Å². The zero-order valence-corrected chi connectivity index (χ0v) is 12.9. The molecule has 2 rings (SSSR count). The molecule has 0 unspecified atom stereocenters. The Balaban J connectivity index is 1.88. The molecule has 1 aliphatic rings. The number of carbonyl (C=O) groups is 1. The van der Waals surface area contributed by atoms with E-state index in [0.717, 1.165) is 43.5 Å². The number of nitrogens with one attached hydrogen (secondary N) is 1. The Labute approximate surface area is 125 Å². The number of aryl methyl sites for hydroxylation is 1. The van der Waals surface area contributed by atoms with Gasteiger partial charge in [-0.2, -0.15) is 0 Å². The van der Waals surface area contributed by atoms with E-state index in [1.807, 2.05) is 19.1 Å². The molecule has 1 saturated carbocycles. The van der Waals surface area contributed by atoms with Gasteiger partial charge in [0.05, 0.1) is 7.11 Å². The van der Waals surface area contributed by atoms with E-state index in [1.54, 1.807) is 13.2 Å². The van der Waals surface area contributed by atoms with Gasteiger partial charge in [0.15, 0.2) is 0 Å². The summed E-state index contributed by atoms with van der Waals surface area (Å²) in [5, 5.41) is 3.34. The largest absolute Gasteiger partial charge is 0.496 e. The average molecular weight is 296 g/mol. The van der Waals surface area contributed by atoms with Gasteiger partial charge in [-0.25, -0.2) is 0 Å². The summed E-state index contributed by atoms with van der Waals surface area (Å²) in [4.78, 5) is 12.1. The van der Waals surface area contributed by atoms with Crippen LogP contribution in [0.1, 0.15) is 41.6 Å². The highest BCUT2D eigenvalue weighted by atomic mass is 35.5. The van der Waals surface area contributed by atoms with Gasteiger partial charge in [0, 0.05) is 17.5 Å². The lowest BCUT2D eigenvalue weighted by Gasteiger charge is -2.25. The van der Waals surface area contributed by atoms with Crippen molar-refractivity contribution in [3.05, 3.63) is 29.3 Å². The van der Waals surface area contributed by atoms with Crippen LogP contribution >= 0.6 is 11.6 Å². The Morgan fingerprint density at radius 2 is 2.05 bits per heavy atom. The first-order valence-corrected chi connectivity index (χ1v) is 7.60. The van der Waals surface area contributed by atoms with Crippen molar-refractivity contribution < 1.29 is 9.53 Å². The molecule has 1 N–H and O–H groups in total. The lowest BCUT2D eigenvalue weighted by Crippen LogP contribution is -2.31. The summed E-state index contributed by atoms with van der Waals surface area (Å²) in [6.45, 7) is 2.70. The average Bonchev–Trinajstić information content (AvgIpc) is 2.47. The number of hydrogen-bond donors (Lipinski definition) is 1. The van der Waals surface area contributed by atoms with Gasteiger partial charge in [-0.15, -0.1) is 11.6 Å². The van der Waals surface area contributed by atoms with E-state index < -0.39 is 0 Å². The second kappa shape index (κ2) is 6.98. The number of amides is 1. The third kappa shape index (κ3) is 3.89. The first-order valence-electron chi connectivity index (χ1n) is 7.17. The second-order valence-electron chi connectivity index (χ2n) is 5.51. The molecule has 0 aromatic heterocycles. The number of rotatable bonds is 4. The molecule has 20 heavy (non-hydrogen) atoms. The third-order valence-electron chi connectivity index (χ3n) is 4.00. The van der Waals surface area contributed by atoms with Gasteiger partial charge in [0.2, 0.25) is 0 Å². The van der Waals surface area contributed by atoms with Crippen molar-refractivity contribution in [1.29, 1.82) is 0 Å². The minimum absolute atomic E-state index is 0.0312. The number of carbonyl (C=O) groups excluding carboxylic acids is 1. The van der Waals surface area contributed by atoms with Gasteiger partial charge in [0.1, 0.15) is 5.75 Å². The third-order valence-corrected chi connectivity index (χ3v) is 4.43. The topological polar surface area (TPSA) is 38.3 Å². The molecular formula is C16H22ClNO2. The molecule has 1 aliphatic carbocycles. The number of methoxy groups -OCH3 is 1. The predicted octanol–water partition coefficient (Wildman–Crippen LogP) is 3.53. The van der Waals surface area contributed by atoms with Crippen molar-refractivity contribution in [3.8, 4) is 5.75 Å². The molecule has 4 heteroatoms. The molecule has 1 aromatic rings. The van der Waals surface area contributed by atoms with Crippen LogP contribution in [-0.4, -0.2) is 24.9 Å². The first-order chi connectivity index (χ1) is 9.60. The van der Waals surface area contributed by atoms with E-state index in [0.29, 0.717) is 16.9 Å². The summed E-state index contributed by atoms with van der Waals surface area (Å²) in [5.74, 6) is 1.28. The number of ether oxygens (including phenoxy) is 1. The van der Waals surface area contributed by atoms with Gasteiger partial charge < -0.3 is 10.1 Å². The number of benzene rings is 1. The number of alkyl halides is 1. The Bertz CT molecular complexity index is 468. The van der Waals surface area contributed by atoms with E-state index in [9.17, 15) is 4.79 Å². The van der Waals surface area contributed by atoms with E-state index >= 15 is 0 Å². The molecule has 0 bridgehead atoms. The fraction of sp³-hybridized carbons (Fsp3) is 0.562. The molecule has 110 valence electrons. The molecule has 0 spiro atoms. The molecular weight excluding hydrogens is 274 g/mol. The molecule has 0 heterocycles. The van der Waals surface area contributed by atoms with Crippen LogP contribution in [0.2, 0.25) is 0 Å². The lowest BCUT2D eigenvalue weighted by atomic mass is 9.89. The van der Waals surface area contributed by atoms with Crippen LogP contribution in [0.3, 0.4) is 0 Å². The highest BCUT2D eigenvalue weighted by molar-refractivity contribution is 6.20. The summed E-state index contributed by atoms with van der Waals surface area (Å²) < 4.78 is 5.25. The van der Waals surface area contributed by atoms with Crippen molar-refractivity contribution in [2.24, 2.45) is 5.92 Å². The van der Waals surface area contributed by atoms with E-state index in [-0.39, 0.29) is 5.91 Å². The van der Waals surface area contributed by atoms with Crippen molar-refractivity contribution in [1.82, 2.24) is 5.32 Å². The van der Waals surface area contributed by atoms with Crippen molar-refractivity contribution >= 4 is 17.5 Å². The monoisotopic (exact) mass is 295 g/mol. The smallest absolute Gasteiger partial charge is 0.251 e. The zero-order valence-electron chi connectivity index (χ0n) is 12.1. The summed E-state index contributed by atoms with van der Waals surface area (Å²) in [6, 6.07) is 5.54. The Hall–Kier alpha value is -1.22. The van der Waals surface area contributed by atoms with Crippen molar-refractivity contribution in [3.63, 3.8) is 0 Å². The molecule has 0 aliphatic heterocycles. The highest BCUT2D eigenvalue weighted by Crippen LogP contribution is 2.27. The van der Waals surface area contributed by atoms with Crippen molar-refractivity contribution in [2.75, 3.05) is 13.7 Å². The standard InChI is InChI=1S/C16H22ClNO2/c1-11-3-6-13(9-15(11)20-2)16(19)18-10-12-4-7-14(17)8-5-12/h3,6,9,12,14H,4-5,7-8,10H2,1-2H3,(H,18,19). The van der Waals surface area contributed by atoms with Crippen molar-refractivity contribution in [2.45, 2.75) is 38.0 Å². The molecule has 1 amide bonds. The molecule has 3 nitrogen and oxygen atoms in total. The fourth-order valence-corrected chi connectivity index (χ4v) is 2.88. The van der Waals surface area contributed by atoms with E-state index in [2.05, 4.69) is 5.32 Å². The maximum absolute atomic E-state index is 12.1.